The second kappa shape index (κ2) is 6.09. The van der Waals surface area contributed by atoms with Gasteiger partial charge in [0, 0.05) is 19.0 Å². The number of carbonyl (C=O) groups excluding carboxylic acids is 3. The standard InChI is InChI=1S/C10H16N2O4/c1-16-10(15)11-7-9(14)12-5-2-3-8(12)4-6-13/h6,8H,2-5,7H2,1H3,(H,11,15). The third kappa shape index (κ3) is 3.22. The Balaban J connectivity index is 2.40. The number of hydrogen-bond donors (Lipinski definition) is 1. The van der Waals surface area contributed by atoms with Crippen LogP contribution < -0.4 is 5.32 Å². The molecule has 1 heterocycles. The van der Waals surface area contributed by atoms with Crippen LogP contribution in [-0.2, 0) is 14.3 Å². The molecule has 0 aromatic heterocycles. The third-order valence-corrected chi connectivity index (χ3v) is 2.64. The van der Waals surface area contributed by atoms with Crippen molar-refractivity contribution >= 4 is 18.3 Å². The molecule has 1 rings (SSSR count). The van der Waals surface area contributed by atoms with Crippen LogP contribution >= 0.6 is 0 Å². The van der Waals surface area contributed by atoms with E-state index in [0.717, 1.165) is 19.1 Å². The summed E-state index contributed by atoms with van der Waals surface area (Å²) < 4.78 is 4.36. The van der Waals surface area contributed by atoms with Crippen LogP contribution in [0.2, 0.25) is 0 Å². The van der Waals surface area contributed by atoms with Crippen LogP contribution in [-0.4, -0.2) is 49.4 Å². The molecular formula is C10H16N2O4. The van der Waals surface area contributed by atoms with Gasteiger partial charge in [0.15, 0.2) is 0 Å². The zero-order valence-corrected chi connectivity index (χ0v) is 9.27. The minimum atomic E-state index is -0.625. The molecule has 1 aliphatic rings. The van der Waals surface area contributed by atoms with Crippen LogP contribution in [0.15, 0.2) is 0 Å². The Hall–Kier alpha value is -1.59. The number of alkyl carbamates (subject to hydrolysis) is 1. The monoisotopic (exact) mass is 228 g/mol. The normalized spacial score (nSPS) is 19.3. The highest BCUT2D eigenvalue weighted by atomic mass is 16.5. The first-order valence-corrected chi connectivity index (χ1v) is 5.24. The average Bonchev–Trinajstić information content (AvgIpc) is 2.74. The lowest BCUT2D eigenvalue weighted by Gasteiger charge is -2.23. The topological polar surface area (TPSA) is 75.7 Å². The molecule has 0 spiro atoms. The van der Waals surface area contributed by atoms with Crippen molar-refractivity contribution in [2.75, 3.05) is 20.2 Å². The van der Waals surface area contributed by atoms with E-state index in [4.69, 9.17) is 0 Å². The van der Waals surface area contributed by atoms with Gasteiger partial charge in [-0.3, -0.25) is 4.79 Å². The van der Waals surface area contributed by atoms with Crippen LogP contribution in [0.4, 0.5) is 4.79 Å². The van der Waals surface area contributed by atoms with Crippen molar-refractivity contribution in [1.29, 1.82) is 0 Å². The maximum absolute atomic E-state index is 11.7. The molecule has 0 bridgehead atoms. The Bertz CT molecular complexity index is 280. The molecule has 1 atom stereocenters. The molecule has 1 fully saturated rings. The second-order valence-electron chi connectivity index (χ2n) is 3.63. The van der Waals surface area contributed by atoms with Crippen molar-refractivity contribution in [3.63, 3.8) is 0 Å². The molecule has 2 amide bonds. The van der Waals surface area contributed by atoms with Crippen molar-refractivity contribution in [2.24, 2.45) is 0 Å². The van der Waals surface area contributed by atoms with Crippen LogP contribution in [0, 0.1) is 0 Å². The fourth-order valence-electron chi connectivity index (χ4n) is 1.84. The van der Waals surface area contributed by atoms with Crippen LogP contribution in [0.1, 0.15) is 19.3 Å². The molecule has 0 aliphatic carbocycles. The highest BCUT2D eigenvalue weighted by Gasteiger charge is 2.28. The molecule has 16 heavy (non-hydrogen) atoms. The fraction of sp³-hybridized carbons (Fsp3) is 0.700. The highest BCUT2D eigenvalue weighted by Crippen LogP contribution is 2.18. The average molecular weight is 228 g/mol. The number of likely N-dealkylation sites (tertiary alicyclic amines) is 1. The molecule has 1 unspecified atom stereocenters. The quantitative estimate of drug-likeness (QED) is 0.683. The minimum Gasteiger partial charge on any atom is -0.453 e. The summed E-state index contributed by atoms with van der Waals surface area (Å²) in [5.74, 6) is -0.172. The van der Waals surface area contributed by atoms with Gasteiger partial charge in [0.25, 0.3) is 0 Å². The van der Waals surface area contributed by atoms with Gasteiger partial charge >= 0.3 is 6.09 Å². The lowest BCUT2D eigenvalue weighted by atomic mass is 10.1. The zero-order chi connectivity index (χ0) is 12.0. The van der Waals surface area contributed by atoms with E-state index in [0.29, 0.717) is 13.0 Å². The summed E-state index contributed by atoms with van der Waals surface area (Å²) in [6, 6.07) is -0.00977. The molecular weight excluding hydrogens is 212 g/mol. The number of aldehydes is 1. The zero-order valence-electron chi connectivity index (χ0n) is 9.27. The number of nitrogens with zero attached hydrogens (tertiary/aromatic N) is 1. The predicted molar refractivity (Wildman–Crippen MR) is 55.8 cm³/mol. The number of nitrogens with one attached hydrogen (secondary N) is 1. The van der Waals surface area contributed by atoms with E-state index < -0.39 is 6.09 Å². The lowest BCUT2D eigenvalue weighted by Crippen LogP contribution is -2.42. The fourth-order valence-corrected chi connectivity index (χ4v) is 1.84. The Labute approximate surface area is 93.9 Å². The molecule has 90 valence electrons. The summed E-state index contributed by atoms with van der Waals surface area (Å²) in [5, 5.41) is 2.33. The first-order valence-electron chi connectivity index (χ1n) is 5.24. The van der Waals surface area contributed by atoms with Gasteiger partial charge in [-0.25, -0.2) is 4.79 Å². The van der Waals surface area contributed by atoms with Crippen LogP contribution in [0.5, 0.6) is 0 Å². The highest BCUT2D eigenvalue weighted by molar-refractivity contribution is 5.82. The van der Waals surface area contributed by atoms with Gasteiger partial charge in [0.2, 0.25) is 5.91 Å². The van der Waals surface area contributed by atoms with Gasteiger partial charge in [-0.05, 0) is 12.8 Å². The van der Waals surface area contributed by atoms with E-state index in [-0.39, 0.29) is 18.5 Å². The second-order valence-corrected chi connectivity index (χ2v) is 3.63. The predicted octanol–water partition coefficient (Wildman–Crippen LogP) is -0.0776. The molecule has 1 saturated heterocycles. The number of ether oxygens (including phenoxy) is 1. The van der Waals surface area contributed by atoms with Gasteiger partial charge in [-0.1, -0.05) is 0 Å². The molecule has 1 aliphatic heterocycles. The Kier molecular flexibility index (Phi) is 4.75. The number of methoxy groups -OCH3 is 1. The van der Waals surface area contributed by atoms with Crippen LogP contribution in [0.25, 0.3) is 0 Å². The van der Waals surface area contributed by atoms with Gasteiger partial charge in [0.05, 0.1) is 7.11 Å². The van der Waals surface area contributed by atoms with E-state index >= 15 is 0 Å². The Morgan fingerprint density at radius 2 is 2.31 bits per heavy atom. The lowest BCUT2D eigenvalue weighted by molar-refractivity contribution is -0.131. The van der Waals surface area contributed by atoms with Crippen molar-refractivity contribution < 1.29 is 19.1 Å². The molecule has 6 heteroatoms. The summed E-state index contributed by atoms with van der Waals surface area (Å²) in [6.45, 7) is 0.572. The molecule has 0 saturated carbocycles. The largest absolute Gasteiger partial charge is 0.453 e. The summed E-state index contributed by atoms with van der Waals surface area (Å²) in [4.78, 5) is 34.5. The number of carbonyl (C=O) groups is 3. The minimum absolute atomic E-state index is 0.00977. The SMILES string of the molecule is COC(=O)NCC(=O)N1CCCC1CC=O. The maximum Gasteiger partial charge on any atom is 0.407 e. The Morgan fingerprint density at radius 3 is 2.94 bits per heavy atom. The van der Waals surface area contributed by atoms with Gasteiger partial charge in [-0.2, -0.15) is 0 Å². The van der Waals surface area contributed by atoms with Crippen molar-refractivity contribution in [3.05, 3.63) is 0 Å². The molecule has 1 N–H and O–H groups in total. The van der Waals surface area contributed by atoms with E-state index in [1.54, 1.807) is 4.90 Å². The number of rotatable bonds is 4. The third-order valence-electron chi connectivity index (χ3n) is 2.64. The smallest absolute Gasteiger partial charge is 0.407 e. The maximum atomic E-state index is 11.7. The summed E-state index contributed by atoms with van der Waals surface area (Å²) in [5.41, 5.74) is 0. The van der Waals surface area contributed by atoms with E-state index in [9.17, 15) is 14.4 Å². The first-order chi connectivity index (χ1) is 7.69. The van der Waals surface area contributed by atoms with E-state index in [2.05, 4.69) is 10.1 Å². The number of hydrogen-bond acceptors (Lipinski definition) is 4. The van der Waals surface area contributed by atoms with Gasteiger partial charge in [0.1, 0.15) is 12.8 Å². The van der Waals surface area contributed by atoms with Crippen molar-refractivity contribution in [3.8, 4) is 0 Å². The molecule has 6 nitrogen and oxygen atoms in total. The van der Waals surface area contributed by atoms with Crippen molar-refractivity contribution in [1.82, 2.24) is 10.2 Å². The summed E-state index contributed by atoms with van der Waals surface area (Å²) in [7, 11) is 1.24. The van der Waals surface area contributed by atoms with E-state index in [1.807, 2.05) is 0 Å². The first kappa shape index (κ1) is 12.5. The number of amides is 2. The van der Waals surface area contributed by atoms with Crippen LogP contribution in [0.3, 0.4) is 0 Å². The van der Waals surface area contributed by atoms with Gasteiger partial charge in [-0.15, -0.1) is 0 Å². The molecule has 0 radical (unpaired) electrons. The van der Waals surface area contributed by atoms with Gasteiger partial charge < -0.3 is 19.7 Å². The molecule has 0 aromatic rings. The van der Waals surface area contributed by atoms with E-state index in [1.165, 1.54) is 7.11 Å². The summed E-state index contributed by atoms with van der Waals surface area (Å²) >= 11 is 0. The summed E-state index contributed by atoms with van der Waals surface area (Å²) in [6.07, 6.45) is 2.32. The van der Waals surface area contributed by atoms with Crippen molar-refractivity contribution in [2.45, 2.75) is 25.3 Å². The molecule has 0 aromatic carbocycles. The Morgan fingerprint density at radius 1 is 1.56 bits per heavy atom.